The number of aliphatic hydroxyl groups is 4. The number of aromatic hydroxyl groups is 1. The van der Waals surface area contributed by atoms with Gasteiger partial charge in [-0.2, -0.15) is 23.5 Å². The maximum atomic E-state index is 14.4. The molecule has 1 heterocycles. The molecule has 0 bridgehead atoms. The van der Waals surface area contributed by atoms with E-state index in [9.17, 15) is 117 Å². The zero-order chi connectivity index (χ0) is 92.5. The minimum atomic E-state index is -1.96. The Balaban J connectivity index is 2.35. The predicted molar refractivity (Wildman–Crippen MR) is 445 cm³/mol. The number of H-pyrrole nitrogens is 1. The van der Waals surface area contributed by atoms with Gasteiger partial charge < -0.3 is 138 Å². The lowest BCUT2D eigenvalue weighted by atomic mass is 9.99. The number of rotatable bonds is 56. The summed E-state index contributed by atoms with van der Waals surface area (Å²) in [5.41, 5.74) is 17.1. The topological polar surface area (TPSA) is 731 Å². The number of aliphatic hydroxyl groups excluding tert-OH is 4. The first kappa shape index (κ1) is 107. The first-order valence-corrected chi connectivity index (χ1v) is 42.1. The minimum Gasteiger partial charge on any atom is -0.508 e. The molecule has 684 valence electrons. The molecule has 0 saturated heterocycles. The number of aliphatic imine (C=N–C) groups is 1. The Bertz CT molecular complexity index is 3850. The molecule has 0 spiro atoms. The number of carbonyl (C=O) groups excluding carboxylic acids is 15. The summed E-state index contributed by atoms with van der Waals surface area (Å²) >= 11 is 2.51. The average molecular weight is 1770 g/mol. The summed E-state index contributed by atoms with van der Waals surface area (Å²) in [4.78, 5) is 242. The van der Waals surface area contributed by atoms with Crippen LogP contribution in [0.15, 0.2) is 41.8 Å². The van der Waals surface area contributed by atoms with E-state index in [1.807, 2.05) is 0 Å². The number of phenols is 1. The highest BCUT2D eigenvalue weighted by Crippen LogP contribution is 2.16. The maximum Gasteiger partial charge on any atom is 0.326 e. The number of aromatic nitrogens is 2. The van der Waals surface area contributed by atoms with E-state index in [2.05, 4.69) is 94.7 Å². The molecule has 18 atom stereocenters. The van der Waals surface area contributed by atoms with Crippen molar-refractivity contribution in [3.63, 3.8) is 0 Å². The number of carbonyl (C=O) groups is 17. The van der Waals surface area contributed by atoms with Gasteiger partial charge >= 0.3 is 11.9 Å². The summed E-state index contributed by atoms with van der Waals surface area (Å²) in [5.74, 6) is -19.9. The summed E-state index contributed by atoms with van der Waals surface area (Å²) in [7, 11) is 0. The van der Waals surface area contributed by atoms with E-state index < -0.39 is 254 Å². The highest BCUT2D eigenvalue weighted by atomic mass is 32.2. The van der Waals surface area contributed by atoms with Crippen LogP contribution in [0.4, 0.5) is 0 Å². The van der Waals surface area contributed by atoms with Crippen molar-refractivity contribution in [3.8, 4) is 5.75 Å². The number of amides is 15. The fourth-order valence-electron chi connectivity index (χ4n) is 11.5. The largest absolute Gasteiger partial charge is 0.508 e. The molecular formula is C75H123N21O24S2. The number of benzene rings is 1. The molecule has 122 heavy (non-hydrogen) atoms. The first-order chi connectivity index (χ1) is 57.1. The number of nitrogens with one attached hydrogen (secondary N) is 16. The second kappa shape index (κ2) is 54.4. The molecule has 0 aliphatic heterocycles. The quantitative estimate of drug-likeness (QED) is 0.0166. The van der Waals surface area contributed by atoms with Crippen LogP contribution in [0.5, 0.6) is 5.75 Å². The Morgan fingerprint density at radius 2 is 0.844 bits per heavy atom. The highest BCUT2D eigenvalue weighted by Gasteiger charge is 2.40. The van der Waals surface area contributed by atoms with Gasteiger partial charge in [0.1, 0.15) is 90.3 Å². The van der Waals surface area contributed by atoms with Crippen LogP contribution < -0.4 is 97.0 Å². The maximum absolute atomic E-state index is 14.4. The second-order valence-electron chi connectivity index (χ2n) is 30.2. The number of thioether (sulfide) groups is 2. The van der Waals surface area contributed by atoms with Crippen molar-refractivity contribution < 1.29 is 117 Å². The molecule has 2 aromatic rings. The van der Waals surface area contributed by atoms with E-state index in [4.69, 9.17) is 17.2 Å². The number of hydrogen-bond acceptors (Lipinski definition) is 27. The molecule has 1 aromatic heterocycles. The third-order valence-corrected chi connectivity index (χ3v) is 19.7. The molecule has 0 unspecified atom stereocenters. The number of carboxylic acid groups (broad SMARTS) is 2. The van der Waals surface area contributed by atoms with Gasteiger partial charge in [-0.3, -0.25) is 81.7 Å². The molecular weight excluding hydrogens is 1640 g/mol. The van der Waals surface area contributed by atoms with E-state index in [0.29, 0.717) is 11.3 Å². The Hall–Kier alpha value is -11.0. The fraction of sp³-hybridized carbons (Fsp3) is 0.640. The van der Waals surface area contributed by atoms with Crippen molar-refractivity contribution in [1.82, 2.24) is 89.7 Å². The zero-order valence-corrected chi connectivity index (χ0v) is 72.1. The lowest BCUT2D eigenvalue weighted by molar-refractivity contribution is -0.142. The van der Waals surface area contributed by atoms with E-state index in [1.165, 1.54) is 102 Å². The van der Waals surface area contributed by atoms with Gasteiger partial charge in [-0.15, -0.1) is 0 Å². The monoisotopic (exact) mass is 1770 g/mol. The van der Waals surface area contributed by atoms with Crippen LogP contribution in [0.25, 0.3) is 0 Å². The van der Waals surface area contributed by atoms with Gasteiger partial charge in [-0.25, -0.2) is 9.78 Å². The zero-order valence-electron chi connectivity index (χ0n) is 70.5. The van der Waals surface area contributed by atoms with Crippen molar-refractivity contribution in [2.75, 3.05) is 43.7 Å². The van der Waals surface area contributed by atoms with Gasteiger partial charge in [-0.05, 0) is 133 Å². The number of nitrogens with two attached hydrogens (primary N) is 3. The smallest absolute Gasteiger partial charge is 0.326 e. The Kier molecular flexibility index (Phi) is 47.7. The van der Waals surface area contributed by atoms with Crippen LogP contribution in [-0.4, -0.2) is 305 Å². The number of aliphatic carboxylic acids is 2. The molecule has 2 rings (SSSR count). The van der Waals surface area contributed by atoms with Gasteiger partial charge in [0.2, 0.25) is 88.6 Å². The van der Waals surface area contributed by atoms with E-state index >= 15 is 0 Å². The third-order valence-electron chi connectivity index (χ3n) is 18.4. The standard InChI is InChI=1S/C75H123N21O24S2/c1-34(2)27-49(89-65(110)47(22-25-121-12)86-61(106)37(7)84-63(108)45(15-14-24-80-75(77)78)85-52(102)31-82-68(113)55(76)38(8)97)62(107)81-32-53(103)92-58(39(9)98)71(116)90-50(29-43-30-79-33-83-43)67(112)95-59(40(10)99)72(117)88-48(23-26-122-13)64(109)87-46(20-21-54(104)105)66(111)93-57(36(5)6)70(115)96-60(41(11)100)73(118)94-56(35(3)4)69(114)91-51(74(119)120)28-42-16-18-44(101)19-17-42/h16-19,30,33-41,45-51,55-60,97-101H,14-15,20-29,31-32,76H2,1-13H3,(H,79,83)(H,81,107)(H,82,113)(H,84,108)(H,85,102)(H,86,106)(H,87,109)(H,88,117)(H,89,110)(H,90,116)(H,91,114)(H,92,103)(H,93,111)(H,94,118)(H,95,112)(H,96,115)(H,104,105)(H,119,120)(H4,77,78,80)/t37-,38+,39+,40+,41+,45-,46-,47-,48-,49-,50-,51-,55-,56-,57-,58-,59-,60-/m0/s1. The fourth-order valence-corrected chi connectivity index (χ4v) is 12.4. The number of hydrogen-bond donors (Lipinski definition) is 26. The molecule has 1 aromatic carbocycles. The Morgan fingerprint density at radius 3 is 1.32 bits per heavy atom. The second-order valence-corrected chi connectivity index (χ2v) is 32.2. The van der Waals surface area contributed by atoms with Crippen molar-refractivity contribution >= 4 is 130 Å². The van der Waals surface area contributed by atoms with Crippen LogP contribution in [0.1, 0.15) is 132 Å². The van der Waals surface area contributed by atoms with Crippen LogP contribution in [0.3, 0.4) is 0 Å². The molecule has 47 heteroatoms. The molecule has 0 aliphatic rings. The number of aromatic amines is 1. The van der Waals surface area contributed by atoms with Gasteiger partial charge in [0.15, 0.2) is 5.96 Å². The number of phenolic OH excluding ortho intramolecular Hbond substituents is 1. The van der Waals surface area contributed by atoms with Crippen LogP contribution in [0.2, 0.25) is 0 Å². The molecule has 0 fully saturated rings. The van der Waals surface area contributed by atoms with Gasteiger partial charge in [0.05, 0.1) is 43.8 Å². The number of carboxylic acids is 2. The Morgan fingerprint density at radius 1 is 0.443 bits per heavy atom. The number of imidazole rings is 1. The highest BCUT2D eigenvalue weighted by molar-refractivity contribution is 7.98. The van der Waals surface area contributed by atoms with Crippen molar-refractivity contribution in [1.29, 1.82) is 0 Å². The third kappa shape index (κ3) is 39.2. The van der Waals surface area contributed by atoms with E-state index in [-0.39, 0.29) is 74.1 Å². The summed E-state index contributed by atoms with van der Waals surface area (Å²) in [5, 5.41) is 108. The van der Waals surface area contributed by atoms with E-state index in [0.717, 1.165) is 20.8 Å². The molecule has 29 N–H and O–H groups in total. The molecule has 0 aliphatic carbocycles. The minimum absolute atomic E-state index is 0.000593. The lowest BCUT2D eigenvalue weighted by Gasteiger charge is -2.30. The molecule has 0 radical (unpaired) electrons. The van der Waals surface area contributed by atoms with Crippen molar-refractivity contribution in [2.45, 2.75) is 243 Å². The van der Waals surface area contributed by atoms with Crippen molar-refractivity contribution in [2.24, 2.45) is 39.9 Å². The normalized spacial score (nSPS) is 15.7. The summed E-state index contributed by atoms with van der Waals surface area (Å²) in [6.07, 6.45) is -2.76. The van der Waals surface area contributed by atoms with Gasteiger partial charge in [0.25, 0.3) is 0 Å². The number of nitrogens with zero attached hydrogens (tertiary/aromatic N) is 2. The SMILES string of the molecule is CSCC[C@H](NC(=O)[C@H](C)NC(=O)[C@H](CCCN=C(N)N)NC(=O)CNC(=O)[C@@H](N)[C@@H](C)O)C(=O)N[C@@H](CC(C)C)C(=O)NCC(=O)N[C@H](C(=O)N[C@@H](Cc1cnc[nH]1)C(=O)N[C@H](C(=O)N[C@@H](CCSC)C(=O)N[C@@H](CCC(=O)O)C(=O)N[C@H](C(=O)N[C@H](C(=O)N[C@H](C(=O)N[C@@H](Cc1ccc(O)cc1)C(=O)O)C(C)C)[C@@H](C)O)C(C)C)[C@@H](C)O)[C@@H](C)O. The van der Waals surface area contributed by atoms with E-state index in [1.54, 1.807) is 26.4 Å². The van der Waals surface area contributed by atoms with Crippen LogP contribution in [-0.2, 0) is 94.3 Å². The average Bonchev–Trinajstić information content (AvgIpc) is 1.08. The number of guanidine groups is 1. The Labute approximate surface area is 714 Å². The summed E-state index contributed by atoms with van der Waals surface area (Å²) in [6.45, 7) is 13.8. The van der Waals surface area contributed by atoms with Gasteiger partial charge in [-0.1, -0.05) is 53.7 Å². The molecule has 45 nitrogen and oxygen atoms in total. The summed E-state index contributed by atoms with van der Waals surface area (Å²) in [6, 6.07) is -16.5. The lowest BCUT2D eigenvalue weighted by Crippen LogP contribution is -2.63. The van der Waals surface area contributed by atoms with Crippen molar-refractivity contribution in [3.05, 3.63) is 48.0 Å². The predicted octanol–water partition coefficient (Wildman–Crippen LogP) is -7.83. The van der Waals surface area contributed by atoms with Crippen LogP contribution in [0, 0.1) is 17.8 Å². The van der Waals surface area contributed by atoms with Crippen LogP contribution >= 0.6 is 23.5 Å². The first-order valence-electron chi connectivity index (χ1n) is 39.3. The van der Waals surface area contributed by atoms with Gasteiger partial charge in [0, 0.05) is 37.7 Å². The molecule has 15 amide bonds. The summed E-state index contributed by atoms with van der Waals surface area (Å²) < 4.78 is 0. The molecule has 0 saturated carbocycles.